The highest BCUT2D eigenvalue weighted by Gasteiger charge is 2.16. The SMILES string of the molecule is CON(C)C(=O)[C@@H](C)CCCCNC(=O)OCc1ccccc1. The maximum Gasteiger partial charge on any atom is 0.407 e. The van der Waals surface area contributed by atoms with Crippen LogP contribution >= 0.6 is 0 Å². The van der Waals surface area contributed by atoms with E-state index in [9.17, 15) is 9.59 Å². The third-order valence-corrected chi connectivity index (χ3v) is 3.55. The molecular weight excluding hydrogens is 296 g/mol. The van der Waals surface area contributed by atoms with Crippen LogP contribution in [0.25, 0.3) is 0 Å². The van der Waals surface area contributed by atoms with Gasteiger partial charge in [-0.2, -0.15) is 0 Å². The van der Waals surface area contributed by atoms with Gasteiger partial charge in [0.25, 0.3) is 0 Å². The number of nitrogens with one attached hydrogen (secondary N) is 1. The second kappa shape index (κ2) is 10.6. The van der Waals surface area contributed by atoms with Crippen LogP contribution in [0.1, 0.15) is 31.7 Å². The number of carbonyl (C=O) groups excluding carboxylic acids is 2. The van der Waals surface area contributed by atoms with E-state index in [1.807, 2.05) is 37.3 Å². The number of amides is 2. The normalized spacial score (nSPS) is 11.6. The van der Waals surface area contributed by atoms with Crippen molar-refractivity contribution in [2.75, 3.05) is 20.7 Å². The van der Waals surface area contributed by atoms with E-state index in [4.69, 9.17) is 9.57 Å². The highest BCUT2D eigenvalue weighted by molar-refractivity contribution is 5.77. The van der Waals surface area contributed by atoms with Crippen LogP contribution in [-0.2, 0) is 21.0 Å². The van der Waals surface area contributed by atoms with E-state index in [1.165, 1.54) is 12.2 Å². The third-order valence-electron chi connectivity index (χ3n) is 3.55. The van der Waals surface area contributed by atoms with Gasteiger partial charge in [-0.25, -0.2) is 9.86 Å². The first-order chi connectivity index (χ1) is 11.0. The fraction of sp³-hybridized carbons (Fsp3) is 0.529. The van der Waals surface area contributed by atoms with Crippen molar-refractivity contribution >= 4 is 12.0 Å². The molecular formula is C17H26N2O4. The van der Waals surface area contributed by atoms with Gasteiger partial charge in [0, 0.05) is 19.5 Å². The Morgan fingerprint density at radius 3 is 2.57 bits per heavy atom. The van der Waals surface area contributed by atoms with Crippen molar-refractivity contribution in [1.29, 1.82) is 0 Å². The van der Waals surface area contributed by atoms with Crippen molar-refractivity contribution in [2.24, 2.45) is 5.92 Å². The number of benzene rings is 1. The molecule has 0 saturated heterocycles. The van der Waals surface area contributed by atoms with E-state index in [-0.39, 0.29) is 18.4 Å². The maximum atomic E-state index is 11.8. The Bertz CT molecular complexity index is 479. The average molecular weight is 322 g/mol. The summed E-state index contributed by atoms with van der Waals surface area (Å²) in [5.74, 6) is -0.132. The van der Waals surface area contributed by atoms with Crippen LogP contribution in [0.3, 0.4) is 0 Å². The number of hydroxylamine groups is 2. The number of unbranched alkanes of at least 4 members (excludes halogenated alkanes) is 1. The minimum atomic E-state index is -0.419. The van der Waals surface area contributed by atoms with Crippen molar-refractivity contribution in [1.82, 2.24) is 10.4 Å². The van der Waals surface area contributed by atoms with Crippen LogP contribution in [0.15, 0.2) is 30.3 Å². The largest absolute Gasteiger partial charge is 0.445 e. The van der Waals surface area contributed by atoms with Crippen molar-refractivity contribution < 1.29 is 19.2 Å². The molecule has 23 heavy (non-hydrogen) atoms. The number of hydrogen-bond acceptors (Lipinski definition) is 4. The molecule has 1 N–H and O–H groups in total. The summed E-state index contributed by atoms with van der Waals surface area (Å²) in [6.07, 6.45) is 1.99. The molecule has 128 valence electrons. The Kier molecular flexibility index (Phi) is 8.75. The molecule has 0 radical (unpaired) electrons. The summed E-state index contributed by atoms with van der Waals surface area (Å²) in [6.45, 7) is 2.68. The lowest BCUT2D eigenvalue weighted by atomic mass is 10.0. The number of ether oxygens (including phenoxy) is 1. The molecule has 0 unspecified atom stereocenters. The molecule has 0 spiro atoms. The summed E-state index contributed by atoms with van der Waals surface area (Å²) < 4.78 is 5.11. The van der Waals surface area contributed by atoms with E-state index >= 15 is 0 Å². The van der Waals surface area contributed by atoms with E-state index in [0.717, 1.165) is 24.8 Å². The van der Waals surface area contributed by atoms with Crippen LogP contribution < -0.4 is 5.32 Å². The zero-order valence-corrected chi connectivity index (χ0v) is 14.1. The quantitative estimate of drug-likeness (QED) is 0.561. The number of carbonyl (C=O) groups is 2. The van der Waals surface area contributed by atoms with Gasteiger partial charge < -0.3 is 10.1 Å². The number of nitrogens with zero attached hydrogens (tertiary/aromatic N) is 1. The molecule has 0 aliphatic rings. The Balaban J connectivity index is 2.08. The van der Waals surface area contributed by atoms with Crippen molar-refractivity contribution in [3.05, 3.63) is 35.9 Å². The van der Waals surface area contributed by atoms with E-state index in [1.54, 1.807) is 7.05 Å². The Labute approximate surface area is 137 Å². The van der Waals surface area contributed by atoms with Crippen LogP contribution in [0.5, 0.6) is 0 Å². The Morgan fingerprint density at radius 2 is 1.91 bits per heavy atom. The first kappa shape index (κ1) is 19.0. The first-order valence-corrected chi connectivity index (χ1v) is 7.80. The monoisotopic (exact) mass is 322 g/mol. The van der Waals surface area contributed by atoms with Crippen LogP contribution in [-0.4, -0.2) is 37.8 Å². The lowest BCUT2D eigenvalue weighted by Gasteiger charge is -2.18. The van der Waals surface area contributed by atoms with Crippen LogP contribution in [0.4, 0.5) is 4.79 Å². The summed E-state index contributed by atoms with van der Waals surface area (Å²) >= 11 is 0. The van der Waals surface area contributed by atoms with E-state index in [2.05, 4.69) is 5.32 Å². The number of hydrogen-bond donors (Lipinski definition) is 1. The molecule has 1 rings (SSSR count). The molecule has 6 heteroatoms. The van der Waals surface area contributed by atoms with Gasteiger partial charge in [-0.15, -0.1) is 0 Å². The summed E-state index contributed by atoms with van der Waals surface area (Å²) in [5, 5.41) is 3.95. The topological polar surface area (TPSA) is 67.9 Å². The summed E-state index contributed by atoms with van der Waals surface area (Å²) in [6, 6.07) is 9.53. The zero-order valence-electron chi connectivity index (χ0n) is 14.1. The van der Waals surface area contributed by atoms with Gasteiger partial charge in [0.1, 0.15) is 6.61 Å². The van der Waals surface area contributed by atoms with Crippen molar-refractivity contribution in [2.45, 2.75) is 32.8 Å². The second-order valence-electron chi connectivity index (χ2n) is 5.40. The van der Waals surface area contributed by atoms with Gasteiger partial charge in [-0.05, 0) is 18.4 Å². The summed E-state index contributed by atoms with van der Waals surface area (Å²) in [5.41, 5.74) is 0.956. The highest BCUT2D eigenvalue weighted by Crippen LogP contribution is 2.10. The van der Waals surface area contributed by atoms with E-state index in [0.29, 0.717) is 6.54 Å². The van der Waals surface area contributed by atoms with Crippen molar-refractivity contribution in [3.63, 3.8) is 0 Å². The van der Waals surface area contributed by atoms with E-state index < -0.39 is 6.09 Å². The molecule has 1 aromatic rings. The molecule has 0 heterocycles. The summed E-state index contributed by atoms with van der Waals surface area (Å²) in [4.78, 5) is 28.2. The molecule has 0 aromatic heterocycles. The van der Waals surface area contributed by atoms with Gasteiger partial charge >= 0.3 is 6.09 Å². The Hall–Kier alpha value is -2.08. The van der Waals surface area contributed by atoms with Gasteiger partial charge in [0.15, 0.2) is 0 Å². The molecule has 0 bridgehead atoms. The van der Waals surface area contributed by atoms with Gasteiger partial charge in [0.2, 0.25) is 5.91 Å². The highest BCUT2D eigenvalue weighted by atomic mass is 16.7. The fourth-order valence-corrected chi connectivity index (χ4v) is 2.06. The lowest BCUT2D eigenvalue weighted by molar-refractivity contribution is -0.173. The predicted molar refractivity (Wildman–Crippen MR) is 87.4 cm³/mol. The second-order valence-corrected chi connectivity index (χ2v) is 5.40. The molecule has 1 aromatic carbocycles. The Morgan fingerprint density at radius 1 is 1.22 bits per heavy atom. The minimum absolute atomic E-state index is 0.0391. The molecule has 1 atom stereocenters. The smallest absolute Gasteiger partial charge is 0.407 e. The summed E-state index contributed by atoms with van der Waals surface area (Å²) in [7, 11) is 3.07. The molecule has 0 aliphatic carbocycles. The van der Waals surface area contributed by atoms with Gasteiger partial charge in [0.05, 0.1) is 7.11 Å². The number of rotatable bonds is 9. The lowest BCUT2D eigenvalue weighted by Crippen LogP contribution is -2.31. The van der Waals surface area contributed by atoms with Crippen molar-refractivity contribution in [3.8, 4) is 0 Å². The molecule has 0 fully saturated rings. The predicted octanol–water partition coefficient (Wildman–Crippen LogP) is 2.74. The molecule has 0 saturated carbocycles. The fourth-order valence-electron chi connectivity index (χ4n) is 2.06. The first-order valence-electron chi connectivity index (χ1n) is 7.80. The van der Waals surface area contributed by atoms with Gasteiger partial charge in [-0.3, -0.25) is 9.63 Å². The minimum Gasteiger partial charge on any atom is -0.445 e. The van der Waals surface area contributed by atoms with Gasteiger partial charge in [-0.1, -0.05) is 43.7 Å². The molecule has 6 nitrogen and oxygen atoms in total. The van der Waals surface area contributed by atoms with Crippen LogP contribution in [0.2, 0.25) is 0 Å². The van der Waals surface area contributed by atoms with Crippen LogP contribution in [0, 0.1) is 5.92 Å². The zero-order chi connectivity index (χ0) is 17.1. The maximum absolute atomic E-state index is 11.8. The third kappa shape index (κ3) is 7.65. The molecule has 2 amide bonds. The standard InChI is InChI=1S/C17H26N2O4/c1-14(16(20)19(2)22-3)9-7-8-12-18-17(21)23-13-15-10-5-4-6-11-15/h4-6,10-11,14H,7-9,12-13H2,1-3H3,(H,18,21)/t14-/m0/s1. The number of alkyl carbamates (subject to hydrolysis) is 1. The molecule has 0 aliphatic heterocycles. The average Bonchev–Trinajstić information content (AvgIpc) is 2.58.